The summed E-state index contributed by atoms with van der Waals surface area (Å²) in [4.78, 5) is 0. The van der Waals surface area contributed by atoms with Crippen LogP contribution in [-0.2, 0) is 0 Å². The van der Waals surface area contributed by atoms with Gasteiger partial charge in [-0.1, -0.05) is 46.8 Å². The Morgan fingerprint density at radius 1 is 1.08 bits per heavy atom. The second-order valence-corrected chi connectivity index (χ2v) is 5.55. The van der Waals surface area contributed by atoms with Gasteiger partial charge >= 0.3 is 0 Å². The van der Waals surface area contributed by atoms with Gasteiger partial charge in [0.25, 0.3) is 0 Å². The van der Waals surface area contributed by atoms with Crippen molar-refractivity contribution in [1.82, 2.24) is 0 Å². The fourth-order valence-electron chi connectivity index (χ4n) is 1.24. The first-order valence-electron chi connectivity index (χ1n) is 5.57. The van der Waals surface area contributed by atoms with Gasteiger partial charge < -0.3 is 0 Å². The standard InChI is InChI=1S/C13H26/c1-12(2)10-8-6-7-9-11-13(3,4)5/h6,8,12H,7,9-11H2,1-5H3/b8-6+. The number of unbranched alkanes of at least 4 members (excludes halogenated alkanes) is 1. The quantitative estimate of drug-likeness (QED) is 0.423. The highest BCUT2D eigenvalue weighted by atomic mass is 14.1. The average Bonchev–Trinajstić information content (AvgIpc) is 1.93. The predicted octanol–water partition coefficient (Wildman–Crippen LogP) is 4.81. The van der Waals surface area contributed by atoms with Crippen LogP contribution >= 0.6 is 0 Å². The van der Waals surface area contributed by atoms with E-state index in [1.807, 2.05) is 0 Å². The van der Waals surface area contributed by atoms with Gasteiger partial charge in [-0.3, -0.25) is 0 Å². The van der Waals surface area contributed by atoms with E-state index >= 15 is 0 Å². The van der Waals surface area contributed by atoms with Crippen LogP contribution in [0, 0.1) is 11.3 Å². The predicted molar refractivity (Wildman–Crippen MR) is 61.9 cm³/mol. The van der Waals surface area contributed by atoms with Crippen molar-refractivity contribution in [3.8, 4) is 0 Å². The van der Waals surface area contributed by atoms with Crippen LogP contribution in [0.4, 0.5) is 0 Å². The summed E-state index contributed by atoms with van der Waals surface area (Å²) in [6.45, 7) is 11.5. The molecule has 0 aromatic heterocycles. The highest BCUT2D eigenvalue weighted by Crippen LogP contribution is 2.21. The van der Waals surface area contributed by atoms with E-state index in [4.69, 9.17) is 0 Å². The Labute approximate surface area is 84.4 Å². The van der Waals surface area contributed by atoms with E-state index in [0.717, 1.165) is 5.92 Å². The summed E-state index contributed by atoms with van der Waals surface area (Å²) >= 11 is 0. The molecule has 0 saturated carbocycles. The van der Waals surface area contributed by atoms with Crippen molar-refractivity contribution in [2.75, 3.05) is 0 Å². The molecule has 0 N–H and O–H groups in total. The molecule has 0 bridgehead atoms. The van der Waals surface area contributed by atoms with Crippen molar-refractivity contribution < 1.29 is 0 Å². The molecule has 0 unspecified atom stereocenters. The Hall–Kier alpha value is -0.260. The monoisotopic (exact) mass is 182 g/mol. The maximum Gasteiger partial charge on any atom is -0.0327 e. The van der Waals surface area contributed by atoms with Crippen molar-refractivity contribution >= 4 is 0 Å². The van der Waals surface area contributed by atoms with Crippen LogP contribution in [0.2, 0.25) is 0 Å². The number of hydrogen-bond acceptors (Lipinski definition) is 0. The van der Waals surface area contributed by atoms with E-state index in [0.29, 0.717) is 5.41 Å². The van der Waals surface area contributed by atoms with Gasteiger partial charge in [-0.2, -0.15) is 0 Å². The third kappa shape index (κ3) is 11.7. The number of allylic oxidation sites excluding steroid dienone is 2. The molecule has 0 nitrogen and oxygen atoms in total. The largest absolute Gasteiger partial charge is 0.0885 e. The molecule has 0 aliphatic carbocycles. The second kappa shape index (κ2) is 6.23. The molecular formula is C13H26. The summed E-state index contributed by atoms with van der Waals surface area (Å²) in [5, 5.41) is 0. The van der Waals surface area contributed by atoms with Gasteiger partial charge in [-0.25, -0.2) is 0 Å². The lowest BCUT2D eigenvalue weighted by atomic mass is 9.90. The van der Waals surface area contributed by atoms with E-state index in [-0.39, 0.29) is 0 Å². The second-order valence-electron chi connectivity index (χ2n) is 5.55. The minimum Gasteiger partial charge on any atom is -0.0885 e. The molecule has 0 aliphatic heterocycles. The normalized spacial score (nSPS) is 13.1. The molecule has 0 aliphatic rings. The summed E-state index contributed by atoms with van der Waals surface area (Å²) < 4.78 is 0. The molecule has 0 aromatic rings. The van der Waals surface area contributed by atoms with Crippen LogP contribution in [0.15, 0.2) is 12.2 Å². The van der Waals surface area contributed by atoms with Crippen LogP contribution in [0.25, 0.3) is 0 Å². The Bertz CT molecular complexity index is 135. The fourth-order valence-corrected chi connectivity index (χ4v) is 1.24. The molecule has 0 atom stereocenters. The van der Waals surface area contributed by atoms with Crippen LogP contribution < -0.4 is 0 Å². The lowest BCUT2D eigenvalue weighted by Gasteiger charge is -2.16. The van der Waals surface area contributed by atoms with Crippen LogP contribution in [0.1, 0.15) is 60.3 Å². The zero-order chi connectivity index (χ0) is 10.3. The molecule has 0 heterocycles. The summed E-state index contributed by atoms with van der Waals surface area (Å²) in [7, 11) is 0. The molecule has 0 heteroatoms. The molecule has 0 fully saturated rings. The maximum absolute atomic E-state index is 2.34. The molecular weight excluding hydrogens is 156 g/mol. The van der Waals surface area contributed by atoms with Gasteiger partial charge in [0.15, 0.2) is 0 Å². The maximum atomic E-state index is 2.34. The lowest BCUT2D eigenvalue weighted by molar-refractivity contribution is 0.367. The molecule has 0 rings (SSSR count). The first-order valence-corrected chi connectivity index (χ1v) is 5.57. The van der Waals surface area contributed by atoms with Gasteiger partial charge in [0.1, 0.15) is 0 Å². The molecule has 0 spiro atoms. The summed E-state index contributed by atoms with van der Waals surface area (Å²) in [5.74, 6) is 0.805. The highest BCUT2D eigenvalue weighted by molar-refractivity contribution is 4.82. The topological polar surface area (TPSA) is 0 Å². The Morgan fingerprint density at radius 3 is 2.15 bits per heavy atom. The highest BCUT2D eigenvalue weighted by Gasteiger charge is 2.07. The Kier molecular flexibility index (Phi) is 6.11. The molecule has 78 valence electrons. The summed E-state index contributed by atoms with van der Waals surface area (Å²) in [6.07, 6.45) is 9.82. The van der Waals surface area contributed by atoms with Gasteiger partial charge in [0.05, 0.1) is 0 Å². The Balaban J connectivity index is 3.31. The zero-order valence-electron chi connectivity index (χ0n) is 10.1. The van der Waals surface area contributed by atoms with Crippen molar-refractivity contribution in [3.63, 3.8) is 0 Å². The summed E-state index contributed by atoms with van der Waals surface area (Å²) in [6, 6.07) is 0. The lowest BCUT2D eigenvalue weighted by Crippen LogP contribution is -2.03. The van der Waals surface area contributed by atoms with Gasteiger partial charge in [-0.05, 0) is 37.0 Å². The molecule has 0 amide bonds. The fraction of sp³-hybridized carbons (Fsp3) is 0.846. The van der Waals surface area contributed by atoms with Crippen LogP contribution in [0.3, 0.4) is 0 Å². The van der Waals surface area contributed by atoms with Crippen molar-refractivity contribution in [2.45, 2.75) is 60.3 Å². The van der Waals surface area contributed by atoms with E-state index in [1.165, 1.54) is 25.7 Å². The molecule has 0 aromatic carbocycles. The van der Waals surface area contributed by atoms with Gasteiger partial charge in [0.2, 0.25) is 0 Å². The van der Waals surface area contributed by atoms with Gasteiger partial charge in [-0.15, -0.1) is 0 Å². The zero-order valence-corrected chi connectivity index (χ0v) is 10.1. The molecule has 0 radical (unpaired) electrons. The molecule has 13 heavy (non-hydrogen) atoms. The third-order valence-corrected chi connectivity index (χ3v) is 2.07. The SMILES string of the molecule is CC(C)C/C=C/CCCC(C)(C)C. The average molecular weight is 182 g/mol. The van der Waals surface area contributed by atoms with Gasteiger partial charge in [0, 0.05) is 0 Å². The van der Waals surface area contributed by atoms with E-state index in [9.17, 15) is 0 Å². The first kappa shape index (κ1) is 12.7. The van der Waals surface area contributed by atoms with Crippen LogP contribution in [0.5, 0.6) is 0 Å². The Morgan fingerprint density at radius 2 is 1.69 bits per heavy atom. The number of hydrogen-bond donors (Lipinski definition) is 0. The third-order valence-electron chi connectivity index (χ3n) is 2.07. The van der Waals surface area contributed by atoms with Crippen molar-refractivity contribution in [3.05, 3.63) is 12.2 Å². The van der Waals surface area contributed by atoms with Crippen LogP contribution in [-0.4, -0.2) is 0 Å². The smallest absolute Gasteiger partial charge is 0.0327 e. The first-order chi connectivity index (χ1) is 5.92. The van der Waals surface area contributed by atoms with E-state index in [2.05, 4.69) is 46.8 Å². The van der Waals surface area contributed by atoms with Crippen molar-refractivity contribution in [1.29, 1.82) is 0 Å². The minimum atomic E-state index is 0.506. The summed E-state index contributed by atoms with van der Waals surface area (Å²) in [5.41, 5.74) is 0.506. The minimum absolute atomic E-state index is 0.506. The van der Waals surface area contributed by atoms with Crippen molar-refractivity contribution in [2.24, 2.45) is 11.3 Å². The number of rotatable bonds is 5. The van der Waals surface area contributed by atoms with E-state index in [1.54, 1.807) is 0 Å². The molecule has 0 saturated heterocycles. The van der Waals surface area contributed by atoms with E-state index < -0.39 is 0 Å².